The Morgan fingerprint density at radius 1 is 0.857 bits per heavy atom. The van der Waals surface area contributed by atoms with Crippen LogP contribution in [0.3, 0.4) is 0 Å². The highest BCUT2D eigenvalue weighted by atomic mass is 32.2. The average molecular weight is 598 g/mol. The van der Waals surface area contributed by atoms with Crippen molar-refractivity contribution in [3.05, 3.63) is 78.4 Å². The SMILES string of the molecule is CC[C@H](C)NC(=O)[C@@H](C)N(Cc1ccc(OC)cc1)C(=O)CN(c1ccc(OC)c(OC)c1)S(=O)(=O)c1ccccc1. The Balaban J connectivity index is 2.06. The summed E-state index contributed by atoms with van der Waals surface area (Å²) in [5, 5.41) is 2.92. The van der Waals surface area contributed by atoms with Crippen molar-refractivity contribution in [1.82, 2.24) is 10.2 Å². The summed E-state index contributed by atoms with van der Waals surface area (Å²) in [6, 6.07) is 18.6. The molecule has 2 amide bonds. The van der Waals surface area contributed by atoms with Crippen molar-refractivity contribution in [1.29, 1.82) is 0 Å². The molecule has 3 rings (SSSR count). The molecule has 0 fully saturated rings. The van der Waals surface area contributed by atoms with Gasteiger partial charge in [0.2, 0.25) is 11.8 Å². The Morgan fingerprint density at radius 3 is 2.07 bits per heavy atom. The molecule has 0 radical (unpaired) electrons. The van der Waals surface area contributed by atoms with Crippen LogP contribution in [-0.2, 0) is 26.2 Å². The van der Waals surface area contributed by atoms with E-state index in [0.717, 1.165) is 9.87 Å². The van der Waals surface area contributed by atoms with E-state index in [9.17, 15) is 18.0 Å². The van der Waals surface area contributed by atoms with E-state index in [1.54, 1.807) is 68.6 Å². The Labute approximate surface area is 248 Å². The molecule has 0 heterocycles. The molecule has 0 aliphatic heterocycles. The van der Waals surface area contributed by atoms with Gasteiger partial charge in [0, 0.05) is 18.7 Å². The molecule has 3 aromatic carbocycles. The minimum Gasteiger partial charge on any atom is -0.497 e. The fraction of sp³-hybridized carbons (Fsp3) is 0.355. The summed E-state index contributed by atoms with van der Waals surface area (Å²) in [5.74, 6) is 0.447. The normalized spacial score (nSPS) is 12.5. The van der Waals surface area contributed by atoms with Gasteiger partial charge in [-0.15, -0.1) is 0 Å². The van der Waals surface area contributed by atoms with Gasteiger partial charge < -0.3 is 24.4 Å². The van der Waals surface area contributed by atoms with Crippen LogP contribution in [0.2, 0.25) is 0 Å². The maximum atomic E-state index is 14.1. The molecule has 3 aromatic rings. The van der Waals surface area contributed by atoms with Crippen LogP contribution in [0.5, 0.6) is 17.2 Å². The molecule has 2 atom stereocenters. The van der Waals surface area contributed by atoms with Gasteiger partial charge in [0.1, 0.15) is 18.3 Å². The van der Waals surface area contributed by atoms with Gasteiger partial charge in [0.25, 0.3) is 10.0 Å². The van der Waals surface area contributed by atoms with E-state index in [0.29, 0.717) is 23.7 Å². The third-order valence-corrected chi connectivity index (χ3v) is 8.73. The lowest BCUT2D eigenvalue weighted by Gasteiger charge is -2.32. The molecule has 0 spiro atoms. The summed E-state index contributed by atoms with van der Waals surface area (Å²) < 4.78 is 44.9. The van der Waals surface area contributed by atoms with E-state index in [2.05, 4.69) is 5.32 Å². The smallest absolute Gasteiger partial charge is 0.264 e. The Hall–Kier alpha value is -4.25. The van der Waals surface area contributed by atoms with Gasteiger partial charge in [-0.1, -0.05) is 37.3 Å². The number of rotatable bonds is 14. The van der Waals surface area contributed by atoms with Crippen LogP contribution in [0.15, 0.2) is 77.7 Å². The number of nitrogens with zero attached hydrogens (tertiary/aromatic N) is 2. The van der Waals surface area contributed by atoms with Crippen LogP contribution in [-0.4, -0.2) is 65.1 Å². The fourth-order valence-electron chi connectivity index (χ4n) is 4.20. The number of benzene rings is 3. The topological polar surface area (TPSA) is 114 Å². The predicted octanol–water partition coefficient (Wildman–Crippen LogP) is 4.24. The molecule has 0 aliphatic carbocycles. The zero-order chi connectivity index (χ0) is 30.9. The lowest BCUT2D eigenvalue weighted by molar-refractivity contribution is -0.139. The van der Waals surface area contributed by atoms with Crippen molar-refractivity contribution < 1.29 is 32.2 Å². The first-order valence-electron chi connectivity index (χ1n) is 13.6. The fourth-order valence-corrected chi connectivity index (χ4v) is 5.63. The van der Waals surface area contributed by atoms with Gasteiger partial charge in [0.05, 0.1) is 31.9 Å². The largest absolute Gasteiger partial charge is 0.497 e. The number of amides is 2. The van der Waals surface area contributed by atoms with Gasteiger partial charge in [-0.05, 0) is 62.2 Å². The number of sulfonamides is 1. The quantitative estimate of drug-likeness (QED) is 0.296. The van der Waals surface area contributed by atoms with Crippen LogP contribution in [0.4, 0.5) is 5.69 Å². The summed E-state index contributed by atoms with van der Waals surface area (Å²) in [6.45, 7) is 4.97. The van der Waals surface area contributed by atoms with Gasteiger partial charge >= 0.3 is 0 Å². The molecule has 42 heavy (non-hydrogen) atoms. The highest BCUT2D eigenvalue weighted by Gasteiger charge is 2.33. The maximum Gasteiger partial charge on any atom is 0.264 e. The van der Waals surface area contributed by atoms with Crippen LogP contribution in [0.25, 0.3) is 0 Å². The zero-order valence-electron chi connectivity index (χ0n) is 24.9. The van der Waals surface area contributed by atoms with Gasteiger partial charge in [-0.25, -0.2) is 8.42 Å². The molecular formula is C31H39N3O7S. The number of ether oxygens (including phenoxy) is 3. The maximum absolute atomic E-state index is 14.1. The molecule has 226 valence electrons. The predicted molar refractivity (Wildman–Crippen MR) is 161 cm³/mol. The van der Waals surface area contributed by atoms with Crippen molar-refractivity contribution in [2.45, 2.75) is 50.7 Å². The molecule has 0 bridgehead atoms. The monoisotopic (exact) mass is 597 g/mol. The first-order chi connectivity index (χ1) is 20.0. The zero-order valence-corrected chi connectivity index (χ0v) is 25.7. The van der Waals surface area contributed by atoms with Gasteiger partial charge in [0.15, 0.2) is 11.5 Å². The first-order valence-corrected chi connectivity index (χ1v) is 15.0. The molecule has 1 N–H and O–H groups in total. The third kappa shape index (κ3) is 7.73. The average Bonchev–Trinajstić information content (AvgIpc) is 3.02. The van der Waals surface area contributed by atoms with Crippen LogP contribution < -0.4 is 23.8 Å². The first kappa shape index (κ1) is 32.3. The number of carbonyl (C=O) groups is 2. The lowest BCUT2D eigenvalue weighted by atomic mass is 10.1. The standard InChI is InChI=1S/C31H39N3O7S/c1-7-22(2)32-31(36)23(3)33(20-24-13-16-26(39-4)17-14-24)30(35)21-34(42(37,38)27-11-9-8-10-12-27)25-15-18-28(40-5)29(19-25)41-6/h8-19,22-23H,7,20-21H2,1-6H3,(H,32,36)/t22-,23+/m0/s1. The van der Waals surface area contributed by atoms with Crippen LogP contribution in [0.1, 0.15) is 32.8 Å². The van der Waals surface area contributed by atoms with Gasteiger partial charge in [-0.3, -0.25) is 13.9 Å². The summed E-state index contributed by atoms with van der Waals surface area (Å²) in [4.78, 5) is 28.7. The van der Waals surface area contributed by atoms with Crippen molar-refractivity contribution in [3.63, 3.8) is 0 Å². The number of anilines is 1. The van der Waals surface area contributed by atoms with Crippen LogP contribution in [0, 0.1) is 0 Å². The number of nitrogens with one attached hydrogen (secondary N) is 1. The summed E-state index contributed by atoms with van der Waals surface area (Å²) in [6.07, 6.45) is 0.716. The molecule has 0 saturated heterocycles. The van der Waals surface area contributed by atoms with E-state index in [1.807, 2.05) is 13.8 Å². The van der Waals surface area contributed by atoms with Crippen molar-refractivity contribution in [3.8, 4) is 17.2 Å². The van der Waals surface area contributed by atoms with E-state index in [4.69, 9.17) is 14.2 Å². The van der Waals surface area contributed by atoms with E-state index >= 15 is 0 Å². The number of hydrogen-bond acceptors (Lipinski definition) is 7. The van der Waals surface area contributed by atoms with Crippen molar-refractivity contribution in [2.75, 3.05) is 32.2 Å². The van der Waals surface area contributed by atoms with E-state index in [1.165, 1.54) is 37.3 Å². The molecule has 11 heteroatoms. The molecule has 0 aromatic heterocycles. The Kier molecular flexibility index (Phi) is 11.2. The summed E-state index contributed by atoms with van der Waals surface area (Å²) in [5.41, 5.74) is 0.946. The number of carbonyl (C=O) groups excluding carboxylic acids is 2. The highest BCUT2D eigenvalue weighted by molar-refractivity contribution is 7.92. The molecule has 10 nitrogen and oxygen atoms in total. The Bertz CT molecular complexity index is 1450. The van der Waals surface area contributed by atoms with Crippen molar-refractivity contribution >= 4 is 27.5 Å². The van der Waals surface area contributed by atoms with E-state index in [-0.39, 0.29) is 29.1 Å². The second-order valence-corrected chi connectivity index (χ2v) is 11.6. The highest BCUT2D eigenvalue weighted by Crippen LogP contribution is 2.34. The second-order valence-electron chi connectivity index (χ2n) is 9.73. The second kappa shape index (κ2) is 14.6. The summed E-state index contributed by atoms with van der Waals surface area (Å²) in [7, 11) is 0.268. The molecule has 0 unspecified atom stereocenters. The molecular weight excluding hydrogens is 558 g/mol. The van der Waals surface area contributed by atoms with Crippen LogP contribution >= 0.6 is 0 Å². The minimum absolute atomic E-state index is 0.0110. The minimum atomic E-state index is -4.21. The number of hydrogen-bond donors (Lipinski definition) is 1. The summed E-state index contributed by atoms with van der Waals surface area (Å²) >= 11 is 0. The van der Waals surface area contributed by atoms with Crippen molar-refractivity contribution in [2.24, 2.45) is 0 Å². The molecule has 0 aliphatic rings. The Morgan fingerprint density at radius 2 is 1.50 bits per heavy atom. The lowest BCUT2D eigenvalue weighted by Crippen LogP contribution is -2.52. The van der Waals surface area contributed by atoms with Gasteiger partial charge in [-0.2, -0.15) is 0 Å². The third-order valence-electron chi connectivity index (χ3n) is 6.95. The van der Waals surface area contributed by atoms with E-state index < -0.39 is 28.5 Å². The molecule has 0 saturated carbocycles. The number of methoxy groups -OCH3 is 3.